The lowest BCUT2D eigenvalue weighted by Gasteiger charge is -2.37. The Labute approximate surface area is 127 Å². The minimum atomic E-state index is -0.940. The molecule has 1 aromatic rings. The quantitative estimate of drug-likeness (QED) is 0.856. The van der Waals surface area contributed by atoms with Crippen LogP contribution in [0.3, 0.4) is 0 Å². The van der Waals surface area contributed by atoms with Crippen LogP contribution < -0.4 is 4.90 Å². The number of benzene rings is 1. The molecular formula is C15H18BrNO3. The second kappa shape index (κ2) is 6.90. The van der Waals surface area contributed by atoms with Gasteiger partial charge in [0, 0.05) is 22.8 Å². The van der Waals surface area contributed by atoms with Crippen LogP contribution in [-0.4, -0.2) is 36.9 Å². The van der Waals surface area contributed by atoms with E-state index in [4.69, 9.17) is 9.84 Å². The van der Waals surface area contributed by atoms with Crippen LogP contribution in [0, 0.1) is 0 Å². The Morgan fingerprint density at radius 1 is 1.60 bits per heavy atom. The van der Waals surface area contributed by atoms with Gasteiger partial charge in [-0.1, -0.05) is 22.9 Å². The Bertz CT molecular complexity index is 516. The highest BCUT2D eigenvalue weighted by molar-refractivity contribution is 9.10. The van der Waals surface area contributed by atoms with Gasteiger partial charge in [0.05, 0.1) is 19.3 Å². The molecule has 0 aliphatic carbocycles. The monoisotopic (exact) mass is 339 g/mol. The first-order chi connectivity index (χ1) is 9.61. The number of aliphatic carboxylic acids is 1. The fourth-order valence-electron chi connectivity index (χ4n) is 2.39. The number of rotatable bonds is 4. The van der Waals surface area contributed by atoms with Gasteiger partial charge >= 0.3 is 5.97 Å². The third-order valence-electron chi connectivity index (χ3n) is 3.40. The summed E-state index contributed by atoms with van der Waals surface area (Å²) in [7, 11) is 0. The summed E-state index contributed by atoms with van der Waals surface area (Å²) >= 11 is 3.44. The number of anilines is 1. The second-order valence-electron chi connectivity index (χ2n) is 4.71. The van der Waals surface area contributed by atoms with E-state index in [1.165, 1.54) is 6.08 Å². The van der Waals surface area contributed by atoms with Crippen molar-refractivity contribution in [2.75, 3.05) is 24.7 Å². The van der Waals surface area contributed by atoms with Crippen molar-refractivity contribution in [3.63, 3.8) is 0 Å². The van der Waals surface area contributed by atoms with Crippen molar-refractivity contribution in [3.8, 4) is 0 Å². The lowest BCUT2D eigenvalue weighted by atomic mass is 10.1. The molecule has 0 aromatic heterocycles. The van der Waals surface area contributed by atoms with Crippen LogP contribution in [-0.2, 0) is 9.53 Å². The van der Waals surface area contributed by atoms with E-state index < -0.39 is 5.97 Å². The SMILES string of the molecule is CCC1COCCN1c1ccc(Br)cc1/C=C/C(=O)O. The number of hydrogen-bond acceptors (Lipinski definition) is 3. The first kappa shape index (κ1) is 15.1. The van der Waals surface area contributed by atoms with Gasteiger partial charge in [-0.05, 0) is 36.3 Å². The lowest BCUT2D eigenvalue weighted by Crippen LogP contribution is -2.45. The van der Waals surface area contributed by atoms with Crippen LogP contribution in [0.5, 0.6) is 0 Å². The van der Waals surface area contributed by atoms with Crippen molar-refractivity contribution >= 4 is 33.7 Å². The number of ether oxygens (including phenoxy) is 1. The van der Waals surface area contributed by atoms with E-state index in [1.54, 1.807) is 6.08 Å². The molecule has 1 fully saturated rings. The molecule has 5 heteroatoms. The van der Waals surface area contributed by atoms with Crippen LogP contribution in [0.1, 0.15) is 18.9 Å². The van der Waals surface area contributed by atoms with Crippen LogP contribution >= 0.6 is 15.9 Å². The number of hydrogen-bond donors (Lipinski definition) is 1. The number of carboxylic acid groups (broad SMARTS) is 1. The molecule has 1 N–H and O–H groups in total. The Morgan fingerprint density at radius 2 is 2.40 bits per heavy atom. The minimum Gasteiger partial charge on any atom is -0.478 e. The van der Waals surface area contributed by atoms with Gasteiger partial charge in [0.1, 0.15) is 0 Å². The second-order valence-corrected chi connectivity index (χ2v) is 5.62. The van der Waals surface area contributed by atoms with Gasteiger partial charge in [-0.25, -0.2) is 4.79 Å². The zero-order valence-corrected chi connectivity index (χ0v) is 13.0. The van der Waals surface area contributed by atoms with Crippen molar-refractivity contribution in [2.24, 2.45) is 0 Å². The minimum absolute atomic E-state index is 0.335. The van der Waals surface area contributed by atoms with Gasteiger partial charge in [0.15, 0.2) is 0 Å². The molecule has 1 aliphatic rings. The standard InChI is InChI=1S/C15H18BrNO3/c1-2-13-10-20-8-7-17(13)14-5-4-12(16)9-11(14)3-6-15(18)19/h3-6,9,13H,2,7-8,10H2,1H3,(H,18,19)/b6-3+. The summed E-state index contributed by atoms with van der Waals surface area (Å²) in [5.74, 6) is -0.940. The van der Waals surface area contributed by atoms with E-state index in [0.29, 0.717) is 19.3 Å². The zero-order chi connectivity index (χ0) is 14.5. The van der Waals surface area contributed by atoms with Gasteiger partial charge in [-0.15, -0.1) is 0 Å². The average molecular weight is 340 g/mol. The summed E-state index contributed by atoms with van der Waals surface area (Å²) in [6.45, 7) is 4.38. The molecule has 1 heterocycles. The Balaban J connectivity index is 2.36. The lowest BCUT2D eigenvalue weighted by molar-refractivity contribution is -0.131. The predicted octanol–water partition coefficient (Wildman–Crippen LogP) is 3.16. The number of morpholine rings is 1. The number of halogens is 1. The summed E-state index contributed by atoms with van der Waals surface area (Å²) in [6, 6.07) is 6.29. The van der Waals surface area contributed by atoms with Gasteiger partial charge in [0.2, 0.25) is 0 Å². The van der Waals surface area contributed by atoms with Crippen LogP contribution in [0.4, 0.5) is 5.69 Å². The van der Waals surface area contributed by atoms with Crippen molar-refractivity contribution in [2.45, 2.75) is 19.4 Å². The maximum absolute atomic E-state index is 10.7. The normalized spacial score (nSPS) is 19.5. The fourth-order valence-corrected chi connectivity index (χ4v) is 2.77. The maximum Gasteiger partial charge on any atom is 0.328 e. The smallest absolute Gasteiger partial charge is 0.328 e. The van der Waals surface area contributed by atoms with E-state index in [-0.39, 0.29) is 0 Å². The molecular weight excluding hydrogens is 322 g/mol. The molecule has 0 radical (unpaired) electrons. The number of carbonyl (C=O) groups is 1. The molecule has 1 unspecified atom stereocenters. The van der Waals surface area contributed by atoms with E-state index in [9.17, 15) is 4.79 Å². The maximum atomic E-state index is 10.7. The summed E-state index contributed by atoms with van der Waals surface area (Å²) in [6.07, 6.45) is 3.81. The zero-order valence-electron chi connectivity index (χ0n) is 11.4. The molecule has 20 heavy (non-hydrogen) atoms. The molecule has 1 atom stereocenters. The molecule has 0 spiro atoms. The molecule has 0 saturated carbocycles. The fraction of sp³-hybridized carbons (Fsp3) is 0.400. The molecule has 4 nitrogen and oxygen atoms in total. The van der Waals surface area contributed by atoms with Crippen LogP contribution in [0.25, 0.3) is 6.08 Å². The highest BCUT2D eigenvalue weighted by Gasteiger charge is 2.23. The van der Waals surface area contributed by atoms with Crippen LogP contribution in [0.2, 0.25) is 0 Å². The molecule has 2 rings (SSSR count). The van der Waals surface area contributed by atoms with Crippen LogP contribution in [0.15, 0.2) is 28.7 Å². The third kappa shape index (κ3) is 3.61. The van der Waals surface area contributed by atoms with E-state index in [1.807, 2.05) is 18.2 Å². The largest absolute Gasteiger partial charge is 0.478 e. The number of nitrogens with zero attached hydrogens (tertiary/aromatic N) is 1. The van der Waals surface area contributed by atoms with Crippen molar-refractivity contribution in [3.05, 3.63) is 34.3 Å². The first-order valence-corrected chi connectivity index (χ1v) is 7.46. The van der Waals surface area contributed by atoms with Crippen molar-refractivity contribution in [1.29, 1.82) is 0 Å². The molecule has 0 bridgehead atoms. The average Bonchev–Trinajstić information content (AvgIpc) is 2.45. The van der Waals surface area contributed by atoms with Gasteiger partial charge in [-0.2, -0.15) is 0 Å². The van der Waals surface area contributed by atoms with Crippen molar-refractivity contribution < 1.29 is 14.6 Å². The Kier molecular flexibility index (Phi) is 5.20. The molecule has 1 saturated heterocycles. The highest BCUT2D eigenvalue weighted by atomic mass is 79.9. The summed E-state index contributed by atoms with van der Waals surface area (Å²) in [5.41, 5.74) is 1.96. The Morgan fingerprint density at radius 3 is 3.10 bits per heavy atom. The first-order valence-electron chi connectivity index (χ1n) is 6.66. The summed E-state index contributed by atoms with van der Waals surface area (Å²) in [4.78, 5) is 13.0. The van der Waals surface area contributed by atoms with Gasteiger partial charge < -0.3 is 14.7 Å². The molecule has 108 valence electrons. The molecule has 0 amide bonds. The van der Waals surface area contributed by atoms with Gasteiger partial charge in [0.25, 0.3) is 0 Å². The molecule has 1 aliphatic heterocycles. The summed E-state index contributed by atoms with van der Waals surface area (Å²) < 4.78 is 6.46. The topological polar surface area (TPSA) is 49.8 Å². The van der Waals surface area contributed by atoms with E-state index in [0.717, 1.165) is 28.7 Å². The van der Waals surface area contributed by atoms with E-state index >= 15 is 0 Å². The van der Waals surface area contributed by atoms with Gasteiger partial charge in [-0.3, -0.25) is 0 Å². The summed E-state index contributed by atoms with van der Waals surface area (Å²) in [5, 5.41) is 8.81. The number of carboxylic acids is 1. The van der Waals surface area contributed by atoms with Crippen molar-refractivity contribution in [1.82, 2.24) is 0 Å². The van der Waals surface area contributed by atoms with E-state index in [2.05, 4.69) is 27.8 Å². The highest BCUT2D eigenvalue weighted by Crippen LogP contribution is 2.29. The Hall–Kier alpha value is -1.33. The third-order valence-corrected chi connectivity index (χ3v) is 3.90. The molecule has 1 aromatic carbocycles. The predicted molar refractivity (Wildman–Crippen MR) is 83.1 cm³/mol.